The number of furan rings is 1. The molecule has 3 heteroatoms. The van der Waals surface area contributed by atoms with E-state index < -0.39 is 0 Å². The van der Waals surface area contributed by atoms with Crippen LogP contribution in [0.4, 0.5) is 4.39 Å². The Bertz CT molecular complexity index is 514. The van der Waals surface area contributed by atoms with Crippen LogP contribution in [0.2, 0.25) is 0 Å². The number of nitrogens with one attached hydrogen (secondary N) is 1. The average Bonchev–Trinajstić information content (AvgIpc) is 2.83. The van der Waals surface area contributed by atoms with E-state index in [1.165, 1.54) is 18.9 Å². The molecule has 1 aromatic heterocycles. The van der Waals surface area contributed by atoms with Crippen molar-refractivity contribution in [2.24, 2.45) is 0 Å². The number of hydrogen-bond acceptors (Lipinski definition) is 2. The van der Waals surface area contributed by atoms with E-state index in [9.17, 15) is 4.39 Å². The van der Waals surface area contributed by atoms with Crippen molar-refractivity contribution in [2.75, 3.05) is 6.54 Å². The van der Waals surface area contributed by atoms with Crippen LogP contribution in [0.5, 0.6) is 0 Å². The Labute approximate surface area is 99.8 Å². The predicted octanol–water partition coefficient (Wildman–Crippen LogP) is 3.26. The quantitative estimate of drug-likeness (QED) is 0.861. The van der Waals surface area contributed by atoms with Gasteiger partial charge >= 0.3 is 0 Å². The molecule has 1 N–H and O–H groups in total. The fourth-order valence-electron chi connectivity index (χ4n) is 2.63. The van der Waals surface area contributed by atoms with Crippen LogP contribution in [0.1, 0.15) is 24.8 Å². The number of hydrogen-bond donors (Lipinski definition) is 1. The lowest BCUT2D eigenvalue weighted by molar-refractivity contribution is 0.396. The topological polar surface area (TPSA) is 25.2 Å². The third-order valence-corrected chi connectivity index (χ3v) is 3.55. The second kappa shape index (κ2) is 4.49. The Morgan fingerprint density at radius 2 is 2.24 bits per heavy atom. The zero-order valence-electron chi connectivity index (χ0n) is 9.71. The standard InChI is InChI=1S/C14H16FNO/c15-13-4-5-14-11(6-8-17-14)12(13)9-10-3-1-2-7-16-10/h4-6,8,10,16H,1-3,7,9H2. The zero-order valence-corrected chi connectivity index (χ0v) is 9.71. The van der Waals surface area contributed by atoms with Gasteiger partial charge in [-0.3, -0.25) is 0 Å². The molecule has 1 aromatic carbocycles. The van der Waals surface area contributed by atoms with Crippen LogP contribution in [0.3, 0.4) is 0 Å². The molecular weight excluding hydrogens is 217 g/mol. The summed E-state index contributed by atoms with van der Waals surface area (Å²) in [5.74, 6) is -0.119. The zero-order chi connectivity index (χ0) is 11.7. The largest absolute Gasteiger partial charge is 0.464 e. The lowest BCUT2D eigenvalue weighted by Crippen LogP contribution is -2.35. The average molecular weight is 233 g/mol. The maximum absolute atomic E-state index is 13.9. The van der Waals surface area contributed by atoms with Crippen LogP contribution in [-0.2, 0) is 6.42 Å². The summed E-state index contributed by atoms with van der Waals surface area (Å²) in [5, 5.41) is 4.37. The van der Waals surface area contributed by atoms with Crippen molar-refractivity contribution in [1.29, 1.82) is 0 Å². The van der Waals surface area contributed by atoms with Crippen LogP contribution in [-0.4, -0.2) is 12.6 Å². The first-order valence-corrected chi connectivity index (χ1v) is 6.22. The van der Waals surface area contributed by atoms with E-state index in [2.05, 4.69) is 5.32 Å². The highest BCUT2D eigenvalue weighted by molar-refractivity contribution is 5.81. The summed E-state index contributed by atoms with van der Waals surface area (Å²) in [6.07, 6.45) is 5.98. The van der Waals surface area contributed by atoms with Gasteiger partial charge in [-0.25, -0.2) is 4.39 Å². The third-order valence-electron chi connectivity index (χ3n) is 3.55. The molecule has 2 heterocycles. The molecule has 0 aliphatic carbocycles. The van der Waals surface area contributed by atoms with Crippen molar-refractivity contribution in [3.8, 4) is 0 Å². The fourth-order valence-corrected chi connectivity index (χ4v) is 2.63. The summed E-state index contributed by atoms with van der Waals surface area (Å²) in [4.78, 5) is 0. The van der Waals surface area contributed by atoms with Crippen LogP contribution in [0.15, 0.2) is 28.9 Å². The van der Waals surface area contributed by atoms with Gasteiger partial charge in [0.1, 0.15) is 11.4 Å². The molecule has 2 nitrogen and oxygen atoms in total. The molecule has 1 atom stereocenters. The Hall–Kier alpha value is -1.35. The molecule has 1 unspecified atom stereocenters. The number of rotatable bonds is 2. The van der Waals surface area contributed by atoms with Gasteiger partial charge in [-0.05, 0) is 44.0 Å². The molecule has 1 aliphatic rings. The van der Waals surface area contributed by atoms with Gasteiger partial charge in [0.15, 0.2) is 0 Å². The third kappa shape index (κ3) is 2.07. The molecule has 2 aromatic rings. The first-order chi connectivity index (χ1) is 8.34. The van der Waals surface area contributed by atoms with E-state index in [0.29, 0.717) is 6.04 Å². The lowest BCUT2D eigenvalue weighted by Gasteiger charge is -2.23. The van der Waals surface area contributed by atoms with Gasteiger partial charge in [0, 0.05) is 17.0 Å². The van der Waals surface area contributed by atoms with E-state index in [1.54, 1.807) is 12.3 Å². The SMILES string of the molecule is Fc1ccc2occc2c1CC1CCCCN1. The van der Waals surface area contributed by atoms with Gasteiger partial charge in [0.2, 0.25) is 0 Å². The Kier molecular flexibility index (Phi) is 2.85. The van der Waals surface area contributed by atoms with Crippen molar-refractivity contribution < 1.29 is 8.81 Å². The van der Waals surface area contributed by atoms with Crippen LogP contribution >= 0.6 is 0 Å². The van der Waals surface area contributed by atoms with Crippen molar-refractivity contribution in [1.82, 2.24) is 5.32 Å². The predicted molar refractivity (Wildman–Crippen MR) is 65.5 cm³/mol. The highest BCUT2D eigenvalue weighted by atomic mass is 19.1. The van der Waals surface area contributed by atoms with Crippen LogP contribution < -0.4 is 5.32 Å². The first kappa shape index (κ1) is 10.8. The van der Waals surface area contributed by atoms with E-state index in [-0.39, 0.29) is 5.82 Å². The van der Waals surface area contributed by atoms with E-state index in [1.807, 2.05) is 6.07 Å². The monoisotopic (exact) mass is 233 g/mol. The molecule has 1 saturated heterocycles. The highest BCUT2D eigenvalue weighted by Gasteiger charge is 2.17. The second-order valence-electron chi connectivity index (χ2n) is 4.71. The number of halogens is 1. The Morgan fingerprint density at radius 3 is 3.06 bits per heavy atom. The summed E-state index contributed by atoms with van der Waals surface area (Å²) >= 11 is 0. The molecule has 0 amide bonds. The molecule has 0 bridgehead atoms. The molecule has 1 fully saturated rings. The molecule has 0 spiro atoms. The highest BCUT2D eigenvalue weighted by Crippen LogP contribution is 2.25. The second-order valence-corrected chi connectivity index (χ2v) is 4.71. The van der Waals surface area contributed by atoms with Crippen molar-refractivity contribution in [2.45, 2.75) is 31.7 Å². The molecular formula is C14H16FNO. The van der Waals surface area contributed by atoms with Gasteiger partial charge in [0.05, 0.1) is 6.26 Å². The summed E-state index contributed by atoms with van der Waals surface area (Å²) < 4.78 is 19.2. The lowest BCUT2D eigenvalue weighted by atomic mass is 9.96. The minimum Gasteiger partial charge on any atom is -0.464 e. The molecule has 1 aliphatic heterocycles. The maximum atomic E-state index is 13.9. The van der Waals surface area contributed by atoms with Crippen LogP contribution in [0.25, 0.3) is 11.0 Å². The molecule has 17 heavy (non-hydrogen) atoms. The summed E-state index contributed by atoms with van der Waals surface area (Å²) in [6, 6.07) is 5.46. The molecule has 90 valence electrons. The van der Waals surface area contributed by atoms with Gasteiger partial charge in [0.25, 0.3) is 0 Å². The van der Waals surface area contributed by atoms with E-state index >= 15 is 0 Å². The summed E-state index contributed by atoms with van der Waals surface area (Å²) in [6.45, 7) is 1.05. The van der Waals surface area contributed by atoms with Crippen molar-refractivity contribution in [3.05, 3.63) is 35.8 Å². The Balaban J connectivity index is 1.92. The van der Waals surface area contributed by atoms with Gasteiger partial charge < -0.3 is 9.73 Å². The minimum atomic E-state index is -0.119. The van der Waals surface area contributed by atoms with Gasteiger partial charge in [-0.1, -0.05) is 6.42 Å². The Morgan fingerprint density at radius 1 is 1.29 bits per heavy atom. The smallest absolute Gasteiger partial charge is 0.134 e. The van der Waals surface area contributed by atoms with Crippen LogP contribution in [0, 0.1) is 5.82 Å². The van der Waals surface area contributed by atoms with E-state index in [0.717, 1.165) is 35.9 Å². The van der Waals surface area contributed by atoms with Crippen molar-refractivity contribution in [3.63, 3.8) is 0 Å². The summed E-state index contributed by atoms with van der Waals surface area (Å²) in [5.41, 5.74) is 1.56. The summed E-state index contributed by atoms with van der Waals surface area (Å²) in [7, 11) is 0. The van der Waals surface area contributed by atoms with E-state index in [4.69, 9.17) is 4.42 Å². The molecule has 0 saturated carbocycles. The fraction of sp³-hybridized carbons (Fsp3) is 0.429. The maximum Gasteiger partial charge on any atom is 0.134 e. The number of benzene rings is 1. The minimum absolute atomic E-state index is 0.119. The molecule has 0 radical (unpaired) electrons. The first-order valence-electron chi connectivity index (χ1n) is 6.22. The number of piperidine rings is 1. The van der Waals surface area contributed by atoms with Gasteiger partial charge in [-0.15, -0.1) is 0 Å². The van der Waals surface area contributed by atoms with Gasteiger partial charge in [-0.2, -0.15) is 0 Å². The molecule has 3 rings (SSSR count). The van der Waals surface area contributed by atoms with Crippen molar-refractivity contribution >= 4 is 11.0 Å². The normalized spacial score (nSPS) is 20.9. The number of fused-ring (bicyclic) bond motifs is 1.